The van der Waals surface area contributed by atoms with Crippen molar-refractivity contribution in [3.05, 3.63) is 53.1 Å². The molecule has 3 rings (SSSR count). The SMILES string of the molecule is [2H]C1(N(C)C)C=CC2=Cc3ccc(N(C)C)cc3C2=C1. The lowest BCUT2D eigenvalue weighted by Gasteiger charge is -2.22. The van der Waals surface area contributed by atoms with E-state index in [0.717, 1.165) is 0 Å². The van der Waals surface area contributed by atoms with Crippen LogP contribution in [0.25, 0.3) is 11.6 Å². The molecule has 1 atom stereocenters. The molecule has 0 aromatic heterocycles. The lowest BCUT2D eigenvalue weighted by Crippen LogP contribution is -2.25. The summed E-state index contributed by atoms with van der Waals surface area (Å²) in [5.74, 6) is 0. The minimum Gasteiger partial charge on any atom is -0.378 e. The van der Waals surface area contributed by atoms with Gasteiger partial charge in [-0.15, -0.1) is 0 Å². The Kier molecular flexibility index (Phi) is 2.56. The Morgan fingerprint density at radius 1 is 1.16 bits per heavy atom. The first kappa shape index (κ1) is 11.1. The predicted molar refractivity (Wildman–Crippen MR) is 83.3 cm³/mol. The molecule has 0 radical (unpaired) electrons. The number of rotatable bonds is 2. The van der Waals surface area contributed by atoms with Crippen LogP contribution in [0.1, 0.15) is 12.5 Å². The topological polar surface area (TPSA) is 6.48 Å². The highest BCUT2D eigenvalue weighted by atomic mass is 15.1. The van der Waals surface area contributed by atoms with Crippen molar-refractivity contribution in [2.45, 2.75) is 6.02 Å². The minimum absolute atomic E-state index is 0.762. The monoisotopic (exact) mass is 253 g/mol. The van der Waals surface area contributed by atoms with Crippen LogP contribution in [0.4, 0.5) is 5.69 Å². The summed E-state index contributed by atoms with van der Waals surface area (Å²) in [6, 6.07) is 5.74. The summed E-state index contributed by atoms with van der Waals surface area (Å²) in [6.45, 7) is 0. The fourth-order valence-electron chi connectivity index (χ4n) is 2.53. The molecule has 0 heterocycles. The highest BCUT2D eigenvalue weighted by Gasteiger charge is 2.22. The van der Waals surface area contributed by atoms with E-state index in [1.807, 2.05) is 31.1 Å². The average molecular weight is 253 g/mol. The smallest absolute Gasteiger partial charge is 0.0558 e. The van der Waals surface area contributed by atoms with Gasteiger partial charge in [0, 0.05) is 25.8 Å². The highest BCUT2D eigenvalue weighted by molar-refractivity contribution is 5.98. The van der Waals surface area contributed by atoms with Gasteiger partial charge in [0.1, 0.15) is 0 Å². The molecule has 0 bridgehead atoms. The summed E-state index contributed by atoms with van der Waals surface area (Å²) in [6.07, 6.45) is 8.26. The highest BCUT2D eigenvalue weighted by Crippen LogP contribution is 2.40. The van der Waals surface area contributed by atoms with Crippen LogP contribution in [0.2, 0.25) is 0 Å². The van der Waals surface area contributed by atoms with Gasteiger partial charge in [-0.2, -0.15) is 0 Å². The molecule has 2 aliphatic carbocycles. The lowest BCUT2D eigenvalue weighted by atomic mass is 9.95. The first-order chi connectivity index (χ1) is 9.40. The van der Waals surface area contributed by atoms with Gasteiger partial charge in [-0.05, 0) is 54.6 Å². The van der Waals surface area contributed by atoms with Crippen LogP contribution in [-0.2, 0) is 0 Å². The van der Waals surface area contributed by atoms with Crippen LogP contribution in [0.5, 0.6) is 0 Å². The number of fused-ring (bicyclic) bond motifs is 3. The van der Waals surface area contributed by atoms with Gasteiger partial charge in [0.2, 0.25) is 0 Å². The molecular formula is C17H20N2. The van der Waals surface area contributed by atoms with Crippen molar-refractivity contribution in [1.82, 2.24) is 4.90 Å². The van der Waals surface area contributed by atoms with Crippen molar-refractivity contribution >= 4 is 17.3 Å². The Bertz CT molecular complexity index is 653. The van der Waals surface area contributed by atoms with Crippen molar-refractivity contribution in [2.75, 3.05) is 33.1 Å². The van der Waals surface area contributed by atoms with Gasteiger partial charge >= 0.3 is 0 Å². The Hall–Kier alpha value is -1.80. The first-order valence-electron chi connectivity index (χ1n) is 7.04. The molecule has 0 aliphatic heterocycles. The van der Waals surface area contributed by atoms with Gasteiger partial charge in [-0.1, -0.05) is 24.3 Å². The molecule has 19 heavy (non-hydrogen) atoms. The molecule has 0 saturated heterocycles. The minimum atomic E-state index is -0.762. The van der Waals surface area contributed by atoms with Crippen LogP contribution in [0, 0.1) is 0 Å². The summed E-state index contributed by atoms with van der Waals surface area (Å²) >= 11 is 0. The quantitative estimate of drug-likeness (QED) is 0.799. The molecule has 1 aromatic carbocycles. The second-order valence-corrected chi connectivity index (χ2v) is 5.48. The molecule has 2 aliphatic rings. The molecule has 1 unspecified atom stereocenters. The maximum atomic E-state index is 8.53. The second kappa shape index (κ2) is 4.39. The number of likely N-dealkylation sites (N-methyl/N-ethyl adjacent to an activating group) is 1. The summed E-state index contributed by atoms with van der Waals surface area (Å²) in [7, 11) is 7.98. The Labute approximate surface area is 116 Å². The normalized spacial score (nSPS) is 24.6. The summed E-state index contributed by atoms with van der Waals surface area (Å²) in [4.78, 5) is 4.03. The molecule has 0 amide bonds. The summed E-state index contributed by atoms with van der Waals surface area (Å²) < 4.78 is 8.53. The molecule has 0 saturated carbocycles. The third-order valence-electron chi connectivity index (χ3n) is 3.71. The molecular weight excluding hydrogens is 232 g/mol. The van der Waals surface area contributed by atoms with E-state index in [1.165, 1.54) is 28.0 Å². The Morgan fingerprint density at radius 3 is 2.63 bits per heavy atom. The van der Waals surface area contributed by atoms with Crippen molar-refractivity contribution in [3.8, 4) is 0 Å². The lowest BCUT2D eigenvalue weighted by molar-refractivity contribution is 0.391. The maximum Gasteiger partial charge on any atom is 0.0558 e. The zero-order valence-corrected chi connectivity index (χ0v) is 11.9. The number of hydrogen-bond acceptors (Lipinski definition) is 2. The zero-order valence-electron chi connectivity index (χ0n) is 12.9. The van der Waals surface area contributed by atoms with Gasteiger partial charge in [0.05, 0.1) is 1.37 Å². The van der Waals surface area contributed by atoms with Crippen molar-refractivity contribution in [1.29, 1.82) is 0 Å². The number of hydrogen-bond donors (Lipinski definition) is 0. The standard InChI is InChI=1S/C17H20N2/c1-18(2)14-7-5-12-9-13-6-8-15(19(3)4)11-17(13)16(12)10-14/h5-11,14H,1-4H3/i14D. The van der Waals surface area contributed by atoms with E-state index in [1.54, 1.807) is 0 Å². The van der Waals surface area contributed by atoms with E-state index in [4.69, 9.17) is 1.37 Å². The Balaban J connectivity index is 2.11. The van der Waals surface area contributed by atoms with E-state index >= 15 is 0 Å². The molecule has 2 heteroatoms. The fourth-order valence-corrected chi connectivity index (χ4v) is 2.53. The van der Waals surface area contributed by atoms with Gasteiger partial charge in [0.25, 0.3) is 0 Å². The fraction of sp³-hybridized carbons (Fsp3) is 0.294. The van der Waals surface area contributed by atoms with Gasteiger partial charge in [0.15, 0.2) is 0 Å². The largest absolute Gasteiger partial charge is 0.378 e. The van der Waals surface area contributed by atoms with Crippen molar-refractivity contribution < 1.29 is 1.37 Å². The molecule has 1 aromatic rings. The van der Waals surface area contributed by atoms with Crippen LogP contribution < -0.4 is 4.90 Å². The van der Waals surface area contributed by atoms with Gasteiger partial charge in [-0.3, -0.25) is 4.90 Å². The van der Waals surface area contributed by atoms with Crippen LogP contribution in [0.15, 0.2) is 42.0 Å². The number of benzene rings is 1. The molecule has 98 valence electrons. The van der Waals surface area contributed by atoms with Gasteiger partial charge in [-0.25, -0.2) is 0 Å². The van der Waals surface area contributed by atoms with Crippen molar-refractivity contribution in [2.24, 2.45) is 0 Å². The van der Waals surface area contributed by atoms with Gasteiger partial charge < -0.3 is 4.90 Å². The van der Waals surface area contributed by atoms with Crippen molar-refractivity contribution in [3.63, 3.8) is 0 Å². The predicted octanol–water partition coefficient (Wildman–Crippen LogP) is 3.03. The van der Waals surface area contributed by atoms with Crippen LogP contribution >= 0.6 is 0 Å². The van der Waals surface area contributed by atoms with E-state index in [0.29, 0.717) is 0 Å². The molecule has 0 N–H and O–H groups in total. The summed E-state index contributed by atoms with van der Waals surface area (Å²) in [5, 5.41) is 0. The molecule has 2 nitrogen and oxygen atoms in total. The molecule has 0 fully saturated rings. The van der Waals surface area contributed by atoms with E-state index < -0.39 is 6.02 Å². The number of anilines is 1. The summed E-state index contributed by atoms with van der Waals surface area (Å²) in [5.41, 5.74) is 6.04. The number of allylic oxidation sites excluding steroid dienone is 3. The zero-order chi connectivity index (χ0) is 14.5. The average Bonchev–Trinajstić information content (AvgIpc) is 2.75. The Morgan fingerprint density at radius 2 is 1.95 bits per heavy atom. The number of nitrogens with zero attached hydrogens (tertiary/aromatic N) is 2. The van der Waals surface area contributed by atoms with E-state index in [2.05, 4.69) is 49.3 Å². The third-order valence-corrected chi connectivity index (χ3v) is 3.71. The third kappa shape index (κ3) is 2.02. The van der Waals surface area contributed by atoms with Crippen LogP contribution in [0.3, 0.4) is 0 Å². The van der Waals surface area contributed by atoms with Crippen LogP contribution in [-0.4, -0.2) is 39.1 Å². The van der Waals surface area contributed by atoms with E-state index in [-0.39, 0.29) is 0 Å². The van der Waals surface area contributed by atoms with E-state index in [9.17, 15) is 0 Å². The second-order valence-electron chi connectivity index (χ2n) is 5.48. The molecule has 0 spiro atoms. The first-order valence-corrected chi connectivity index (χ1v) is 6.54. The maximum absolute atomic E-state index is 8.53.